The second-order valence-corrected chi connectivity index (χ2v) is 9.03. The van der Waals surface area contributed by atoms with E-state index in [-0.39, 0.29) is 11.5 Å². The van der Waals surface area contributed by atoms with Crippen LogP contribution in [0.3, 0.4) is 0 Å². The summed E-state index contributed by atoms with van der Waals surface area (Å²) in [5.74, 6) is 0.0459. The maximum Gasteiger partial charge on any atom is 0.293 e. The van der Waals surface area contributed by atoms with Gasteiger partial charge in [-0.1, -0.05) is 39.3 Å². The first-order valence-corrected chi connectivity index (χ1v) is 9.70. The summed E-state index contributed by atoms with van der Waals surface area (Å²) in [6, 6.07) is 3.85. The van der Waals surface area contributed by atoms with Crippen LogP contribution in [-0.2, 0) is 22.4 Å². The van der Waals surface area contributed by atoms with Crippen molar-refractivity contribution < 1.29 is 19.7 Å². The second-order valence-electron chi connectivity index (χ2n) is 9.03. The van der Waals surface area contributed by atoms with Crippen molar-refractivity contribution in [1.29, 1.82) is 0 Å². The molecule has 0 heterocycles. The van der Waals surface area contributed by atoms with Gasteiger partial charge in [-0.25, -0.2) is 0 Å². The van der Waals surface area contributed by atoms with Crippen molar-refractivity contribution in [3.05, 3.63) is 23.3 Å². The average Bonchev–Trinajstić information content (AvgIpc) is 2.52. The molecule has 0 aliphatic carbocycles. The number of carbonyl (C=O) groups is 1. The Morgan fingerprint density at radius 1 is 0.846 bits per heavy atom. The number of hydrogen-bond acceptors (Lipinski definition) is 4. The van der Waals surface area contributed by atoms with Gasteiger partial charge in [-0.2, -0.15) is 0 Å². The lowest BCUT2D eigenvalue weighted by molar-refractivity contribution is -0.140. The predicted octanol–water partition coefficient (Wildman–Crippen LogP) is 5.52. The van der Waals surface area contributed by atoms with E-state index < -0.39 is 5.60 Å². The quantitative estimate of drug-likeness (QED) is 0.308. The van der Waals surface area contributed by atoms with Crippen molar-refractivity contribution in [1.82, 2.24) is 0 Å². The van der Waals surface area contributed by atoms with E-state index in [4.69, 9.17) is 4.74 Å². The molecule has 0 saturated heterocycles. The van der Waals surface area contributed by atoms with Crippen LogP contribution in [-0.4, -0.2) is 22.3 Å². The fraction of sp³-hybridized carbons (Fsp3) is 0.682. The molecule has 1 aromatic rings. The van der Waals surface area contributed by atoms with Gasteiger partial charge in [0.15, 0.2) is 11.5 Å². The Morgan fingerprint density at radius 3 is 1.73 bits per heavy atom. The van der Waals surface area contributed by atoms with Gasteiger partial charge in [0.1, 0.15) is 5.60 Å². The summed E-state index contributed by atoms with van der Waals surface area (Å²) in [7, 11) is 0. The van der Waals surface area contributed by atoms with Crippen LogP contribution in [0.15, 0.2) is 12.1 Å². The monoisotopic (exact) mass is 364 g/mol. The van der Waals surface area contributed by atoms with Gasteiger partial charge in [0, 0.05) is 0 Å². The lowest BCUT2D eigenvalue weighted by atomic mass is 9.89. The van der Waals surface area contributed by atoms with Gasteiger partial charge in [-0.3, -0.25) is 4.79 Å². The lowest BCUT2D eigenvalue weighted by Crippen LogP contribution is -2.23. The Morgan fingerprint density at radius 2 is 1.31 bits per heavy atom. The zero-order valence-corrected chi connectivity index (χ0v) is 17.1. The van der Waals surface area contributed by atoms with E-state index >= 15 is 0 Å². The van der Waals surface area contributed by atoms with E-state index in [1.807, 2.05) is 26.0 Å². The van der Waals surface area contributed by atoms with Crippen LogP contribution in [0.25, 0.3) is 0 Å². The van der Waals surface area contributed by atoms with Crippen molar-refractivity contribution in [2.24, 2.45) is 5.41 Å². The normalized spacial score (nSPS) is 12.2. The number of phenols is 2. The Labute approximate surface area is 158 Å². The summed E-state index contributed by atoms with van der Waals surface area (Å²) in [5.41, 5.74) is 1.47. The number of benzene rings is 1. The highest BCUT2D eigenvalue weighted by atomic mass is 16.5. The minimum atomic E-state index is -0.456. The van der Waals surface area contributed by atoms with Crippen LogP contribution in [0.1, 0.15) is 84.3 Å². The maximum absolute atomic E-state index is 10.4. The molecular formula is C22H36O4. The molecule has 0 amide bonds. The van der Waals surface area contributed by atoms with Gasteiger partial charge in [-0.15, -0.1) is 0 Å². The molecule has 0 aliphatic rings. The molecule has 0 spiro atoms. The van der Waals surface area contributed by atoms with Crippen LogP contribution < -0.4 is 0 Å². The zero-order valence-electron chi connectivity index (χ0n) is 17.1. The number of ether oxygens (including phenoxy) is 1. The highest BCUT2D eigenvalue weighted by Crippen LogP contribution is 2.35. The molecule has 0 radical (unpaired) electrons. The summed E-state index contributed by atoms with van der Waals surface area (Å²) < 4.78 is 5.04. The van der Waals surface area contributed by atoms with Crippen LogP contribution >= 0.6 is 0 Å². The Bertz CT molecular complexity index is 570. The number of hydrogen-bond donors (Lipinski definition) is 2. The van der Waals surface area contributed by atoms with Crippen molar-refractivity contribution >= 4 is 6.47 Å². The molecule has 1 aromatic carbocycles. The Kier molecular flexibility index (Phi) is 8.45. The highest BCUT2D eigenvalue weighted by Gasteiger charge is 2.18. The summed E-state index contributed by atoms with van der Waals surface area (Å²) >= 11 is 0. The van der Waals surface area contributed by atoms with E-state index in [1.54, 1.807) is 0 Å². The SMILES string of the molecule is CC(C)(C)CCCCc1ccc(CCCCC(C)(C)OC=O)c(O)c1O. The largest absolute Gasteiger partial charge is 0.504 e. The first-order valence-electron chi connectivity index (χ1n) is 9.70. The third-order valence-electron chi connectivity index (χ3n) is 4.78. The molecule has 0 unspecified atom stereocenters. The van der Waals surface area contributed by atoms with Crippen molar-refractivity contribution in [3.63, 3.8) is 0 Å². The molecule has 0 atom stereocenters. The Balaban J connectivity index is 2.49. The highest BCUT2D eigenvalue weighted by molar-refractivity contribution is 5.50. The summed E-state index contributed by atoms with van der Waals surface area (Å²) in [6.07, 6.45) is 7.28. The molecule has 0 saturated carbocycles. The molecule has 0 fully saturated rings. The molecule has 0 aromatic heterocycles. The molecule has 0 aliphatic heterocycles. The topological polar surface area (TPSA) is 66.8 Å². The van der Waals surface area contributed by atoms with Crippen LogP contribution in [0.2, 0.25) is 0 Å². The number of phenolic OH excluding ortho intramolecular Hbond substituents is 2. The van der Waals surface area contributed by atoms with Crippen LogP contribution in [0.4, 0.5) is 0 Å². The molecule has 148 valence electrons. The molecule has 0 bridgehead atoms. The number of rotatable bonds is 11. The third-order valence-corrected chi connectivity index (χ3v) is 4.78. The summed E-state index contributed by atoms with van der Waals surface area (Å²) in [4.78, 5) is 10.4. The fourth-order valence-electron chi connectivity index (χ4n) is 3.09. The van der Waals surface area contributed by atoms with Gasteiger partial charge < -0.3 is 14.9 Å². The minimum absolute atomic E-state index is 0.0155. The molecule has 4 heteroatoms. The number of aryl methyl sites for hydroxylation is 2. The number of unbranched alkanes of at least 4 members (excludes halogenated alkanes) is 2. The van der Waals surface area contributed by atoms with E-state index in [9.17, 15) is 15.0 Å². The van der Waals surface area contributed by atoms with E-state index in [1.165, 1.54) is 0 Å². The van der Waals surface area contributed by atoms with Crippen LogP contribution in [0.5, 0.6) is 11.5 Å². The standard InChI is InChI=1S/C22H36O4/c1-21(2,3)14-8-6-10-17-12-13-18(20(25)19(17)24)11-7-9-15-22(4,5)26-16-23/h12-13,16,24-25H,6-11,14-15H2,1-5H3. The average molecular weight is 365 g/mol. The van der Waals surface area contributed by atoms with E-state index in [0.717, 1.165) is 56.1 Å². The molecular weight excluding hydrogens is 328 g/mol. The number of aromatic hydroxyl groups is 2. The minimum Gasteiger partial charge on any atom is -0.504 e. The third kappa shape index (κ3) is 8.11. The van der Waals surface area contributed by atoms with Crippen molar-refractivity contribution in [2.45, 2.75) is 91.6 Å². The predicted molar refractivity (Wildman–Crippen MR) is 106 cm³/mol. The van der Waals surface area contributed by atoms with Crippen LogP contribution in [0, 0.1) is 5.41 Å². The van der Waals surface area contributed by atoms with Crippen molar-refractivity contribution in [2.75, 3.05) is 0 Å². The lowest BCUT2D eigenvalue weighted by Gasteiger charge is -2.22. The van der Waals surface area contributed by atoms with E-state index in [0.29, 0.717) is 18.3 Å². The first kappa shape index (κ1) is 22.3. The van der Waals surface area contributed by atoms with Crippen molar-refractivity contribution in [3.8, 4) is 11.5 Å². The van der Waals surface area contributed by atoms with Gasteiger partial charge in [0.05, 0.1) is 0 Å². The maximum atomic E-state index is 10.4. The molecule has 1 rings (SSSR count). The van der Waals surface area contributed by atoms with Gasteiger partial charge >= 0.3 is 0 Å². The molecule has 26 heavy (non-hydrogen) atoms. The first-order chi connectivity index (χ1) is 12.1. The smallest absolute Gasteiger partial charge is 0.293 e. The Hall–Kier alpha value is -1.71. The second kappa shape index (κ2) is 9.84. The zero-order chi connectivity index (χ0) is 19.8. The summed E-state index contributed by atoms with van der Waals surface area (Å²) in [5, 5.41) is 20.6. The molecule has 2 N–H and O–H groups in total. The van der Waals surface area contributed by atoms with Gasteiger partial charge in [0.25, 0.3) is 6.47 Å². The summed E-state index contributed by atoms with van der Waals surface area (Å²) in [6.45, 7) is 11.0. The van der Waals surface area contributed by atoms with E-state index in [2.05, 4.69) is 20.8 Å². The molecule has 4 nitrogen and oxygen atoms in total. The number of carbonyl (C=O) groups excluding carboxylic acids is 1. The van der Waals surface area contributed by atoms with Gasteiger partial charge in [0.2, 0.25) is 0 Å². The van der Waals surface area contributed by atoms with Gasteiger partial charge in [-0.05, 0) is 75.3 Å². The fourth-order valence-corrected chi connectivity index (χ4v) is 3.09.